The number of likely N-dealkylation sites (N-methyl/N-ethyl adjacent to an activating group) is 1. The van der Waals surface area contributed by atoms with Crippen LogP contribution in [0.1, 0.15) is 12.5 Å². The third-order valence-corrected chi connectivity index (χ3v) is 2.61. The minimum Gasteiger partial charge on any atom is -0.464 e. The summed E-state index contributed by atoms with van der Waals surface area (Å²) in [6, 6.07) is 6.10. The first-order valence-electron chi connectivity index (χ1n) is 5.74. The predicted molar refractivity (Wildman–Crippen MR) is 69.2 cm³/mol. The van der Waals surface area contributed by atoms with Crippen molar-refractivity contribution >= 4 is 17.6 Å². The number of hydrogen-bond donors (Lipinski definition) is 1. The fourth-order valence-corrected chi connectivity index (χ4v) is 1.60. The molecule has 0 aromatic heterocycles. The van der Waals surface area contributed by atoms with Crippen LogP contribution in [0.15, 0.2) is 24.3 Å². The molecule has 5 heteroatoms. The molecule has 1 aromatic rings. The van der Waals surface area contributed by atoms with Crippen LogP contribution < -0.4 is 10.6 Å². The second kappa shape index (κ2) is 6.16. The molecule has 0 saturated heterocycles. The first-order valence-corrected chi connectivity index (χ1v) is 5.74. The van der Waals surface area contributed by atoms with Crippen molar-refractivity contribution in [3.63, 3.8) is 0 Å². The number of carbonyl (C=O) groups is 2. The Morgan fingerprint density at radius 2 is 2.00 bits per heavy atom. The summed E-state index contributed by atoms with van der Waals surface area (Å²) in [5.41, 5.74) is 7.23. The lowest BCUT2D eigenvalue weighted by Crippen LogP contribution is -2.47. The zero-order valence-electron chi connectivity index (χ0n) is 10.8. The average Bonchev–Trinajstić information content (AvgIpc) is 2.37. The van der Waals surface area contributed by atoms with Crippen molar-refractivity contribution < 1.29 is 14.3 Å². The summed E-state index contributed by atoms with van der Waals surface area (Å²) in [7, 11) is 1.59. The van der Waals surface area contributed by atoms with Gasteiger partial charge in [0, 0.05) is 12.7 Å². The van der Waals surface area contributed by atoms with Gasteiger partial charge >= 0.3 is 5.97 Å². The van der Waals surface area contributed by atoms with E-state index in [1.54, 1.807) is 20.0 Å². The van der Waals surface area contributed by atoms with Gasteiger partial charge in [-0.2, -0.15) is 0 Å². The van der Waals surface area contributed by atoms with Crippen LogP contribution in [-0.2, 0) is 14.3 Å². The number of rotatable bonds is 4. The minimum absolute atomic E-state index is 0.202. The molecule has 0 radical (unpaired) electrons. The van der Waals surface area contributed by atoms with Gasteiger partial charge in [0.25, 0.3) is 5.91 Å². The molecule has 2 N–H and O–H groups in total. The SMILES string of the molecule is CCOC(=O)C(N)C(=O)N(C)c1ccccc1C. The maximum atomic E-state index is 12.0. The van der Waals surface area contributed by atoms with Gasteiger partial charge in [-0.15, -0.1) is 0 Å². The van der Waals surface area contributed by atoms with E-state index in [1.807, 2.05) is 25.1 Å². The predicted octanol–water partition coefficient (Wildman–Crippen LogP) is 0.848. The van der Waals surface area contributed by atoms with Crippen molar-refractivity contribution in [3.8, 4) is 0 Å². The van der Waals surface area contributed by atoms with E-state index in [1.165, 1.54) is 4.90 Å². The van der Waals surface area contributed by atoms with Crippen molar-refractivity contribution in [1.29, 1.82) is 0 Å². The third kappa shape index (κ3) is 3.07. The fraction of sp³-hybridized carbons (Fsp3) is 0.385. The van der Waals surface area contributed by atoms with Gasteiger partial charge in [-0.3, -0.25) is 4.79 Å². The quantitative estimate of drug-likeness (QED) is 0.635. The number of ether oxygens (including phenoxy) is 1. The van der Waals surface area contributed by atoms with E-state index in [0.29, 0.717) is 0 Å². The molecule has 98 valence electrons. The first-order chi connectivity index (χ1) is 8.49. The molecule has 0 fully saturated rings. The monoisotopic (exact) mass is 250 g/mol. The van der Waals surface area contributed by atoms with E-state index in [4.69, 9.17) is 10.5 Å². The molecule has 0 spiro atoms. The molecule has 1 atom stereocenters. The second-order valence-electron chi connectivity index (χ2n) is 3.91. The molecule has 5 nitrogen and oxygen atoms in total. The van der Waals surface area contributed by atoms with Crippen molar-refractivity contribution in [3.05, 3.63) is 29.8 Å². The summed E-state index contributed by atoms with van der Waals surface area (Å²) in [4.78, 5) is 24.8. The Morgan fingerprint density at radius 1 is 1.39 bits per heavy atom. The molecule has 0 heterocycles. The van der Waals surface area contributed by atoms with E-state index < -0.39 is 17.9 Å². The Balaban J connectivity index is 2.85. The molecule has 0 bridgehead atoms. The molecule has 0 aliphatic rings. The van der Waals surface area contributed by atoms with Crippen molar-refractivity contribution in [2.75, 3.05) is 18.6 Å². The van der Waals surface area contributed by atoms with Gasteiger partial charge in [0.15, 0.2) is 6.04 Å². The van der Waals surface area contributed by atoms with Crippen LogP contribution in [-0.4, -0.2) is 31.6 Å². The summed E-state index contributed by atoms with van der Waals surface area (Å²) in [6.07, 6.45) is 0. The maximum Gasteiger partial charge on any atom is 0.332 e. The minimum atomic E-state index is -1.28. The molecule has 0 saturated carbocycles. The van der Waals surface area contributed by atoms with E-state index in [2.05, 4.69) is 0 Å². The number of amides is 1. The number of para-hydroxylation sites is 1. The Bertz CT molecular complexity index is 446. The summed E-state index contributed by atoms with van der Waals surface area (Å²) >= 11 is 0. The van der Waals surface area contributed by atoms with Gasteiger partial charge in [-0.05, 0) is 25.5 Å². The summed E-state index contributed by atoms with van der Waals surface area (Å²) in [6.45, 7) is 3.75. The number of benzene rings is 1. The topological polar surface area (TPSA) is 72.6 Å². The number of carbonyl (C=O) groups excluding carboxylic acids is 2. The molecule has 1 unspecified atom stereocenters. The Morgan fingerprint density at radius 3 is 2.56 bits per heavy atom. The molecule has 18 heavy (non-hydrogen) atoms. The lowest BCUT2D eigenvalue weighted by atomic mass is 10.1. The van der Waals surface area contributed by atoms with Crippen LogP contribution in [0.25, 0.3) is 0 Å². The van der Waals surface area contributed by atoms with Gasteiger partial charge in [-0.25, -0.2) is 4.79 Å². The smallest absolute Gasteiger partial charge is 0.332 e. The highest BCUT2D eigenvalue weighted by atomic mass is 16.5. The number of hydrogen-bond acceptors (Lipinski definition) is 4. The normalized spacial score (nSPS) is 11.8. The maximum absolute atomic E-state index is 12.0. The highest BCUT2D eigenvalue weighted by Crippen LogP contribution is 2.18. The summed E-state index contributed by atoms with van der Waals surface area (Å²) < 4.78 is 4.73. The second-order valence-corrected chi connectivity index (χ2v) is 3.91. The zero-order valence-corrected chi connectivity index (χ0v) is 10.8. The third-order valence-electron chi connectivity index (χ3n) is 2.61. The summed E-state index contributed by atoms with van der Waals surface area (Å²) in [5, 5.41) is 0. The average molecular weight is 250 g/mol. The van der Waals surface area contributed by atoms with E-state index in [0.717, 1.165) is 11.3 Å². The van der Waals surface area contributed by atoms with Crippen LogP contribution in [0.4, 0.5) is 5.69 Å². The number of nitrogens with two attached hydrogens (primary N) is 1. The van der Waals surface area contributed by atoms with Crippen LogP contribution in [0.3, 0.4) is 0 Å². The van der Waals surface area contributed by atoms with E-state index in [-0.39, 0.29) is 6.61 Å². The standard InChI is InChI=1S/C13H18N2O3/c1-4-18-13(17)11(14)12(16)15(3)10-8-6-5-7-9(10)2/h5-8,11H,4,14H2,1-3H3. The number of esters is 1. The first kappa shape index (κ1) is 14.2. The van der Waals surface area contributed by atoms with Gasteiger partial charge < -0.3 is 15.4 Å². The summed E-state index contributed by atoms with van der Waals surface area (Å²) in [5.74, 6) is -1.19. The highest BCUT2D eigenvalue weighted by molar-refractivity contribution is 6.09. The zero-order chi connectivity index (χ0) is 13.7. The largest absolute Gasteiger partial charge is 0.464 e. The molecule has 0 aliphatic heterocycles. The Kier molecular flexibility index (Phi) is 4.85. The van der Waals surface area contributed by atoms with Crippen LogP contribution >= 0.6 is 0 Å². The molecular weight excluding hydrogens is 232 g/mol. The lowest BCUT2D eigenvalue weighted by molar-refractivity contribution is -0.147. The molecule has 1 amide bonds. The Labute approximate surface area is 107 Å². The lowest BCUT2D eigenvalue weighted by Gasteiger charge is -2.22. The highest BCUT2D eigenvalue weighted by Gasteiger charge is 2.27. The van der Waals surface area contributed by atoms with Gasteiger partial charge in [0.2, 0.25) is 0 Å². The van der Waals surface area contributed by atoms with Crippen LogP contribution in [0, 0.1) is 6.92 Å². The van der Waals surface area contributed by atoms with Gasteiger partial charge in [0.05, 0.1) is 6.61 Å². The number of aryl methyl sites for hydroxylation is 1. The number of anilines is 1. The fourth-order valence-electron chi connectivity index (χ4n) is 1.60. The van der Waals surface area contributed by atoms with Crippen molar-refractivity contribution in [1.82, 2.24) is 0 Å². The molecule has 1 rings (SSSR count). The van der Waals surface area contributed by atoms with Gasteiger partial charge in [0.1, 0.15) is 0 Å². The molecule has 1 aromatic carbocycles. The van der Waals surface area contributed by atoms with Crippen LogP contribution in [0.2, 0.25) is 0 Å². The molecule has 0 aliphatic carbocycles. The van der Waals surface area contributed by atoms with E-state index in [9.17, 15) is 9.59 Å². The van der Waals surface area contributed by atoms with Crippen LogP contribution in [0.5, 0.6) is 0 Å². The van der Waals surface area contributed by atoms with E-state index >= 15 is 0 Å². The van der Waals surface area contributed by atoms with Gasteiger partial charge in [-0.1, -0.05) is 18.2 Å². The Hall–Kier alpha value is -1.88. The van der Waals surface area contributed by atoms with Crippen molar-refractivity contribution in [2.24, 2.45) is 5.73 Å². The number of nitrogens with zero attached hydrogens (tertiary/aromatic N) is 1. The molecular formula is C13H18N2O3. The van der Waals surface area contributed by atoms with Crippen molar-refractivity contribution in [2.45, 2.75) is 19.9 Å².